The number of hydrogen-bond donors (Lipinski definition) is 1. The monoisotopic (exact) mass is 189 g/mol. The molecule has 0 radical (unpaired) electrons. The summed E-state index contributed by atoms with van der Waals surface area (Å²) in [5.41, 5.74) is 0. The minimum Gasteiger partial charge on any atom is -0.315 e. The summed E-state index contributed by atoms with van der Waals surface area (Å²) in [6, 6.07) is 0.653. The van der Waals surface area contributed by atoms with Gasteiger partial charge in [0.05, 0.1) is 0 Å². The van der Waals surface area contributed by atoms with E-state index < -0.39 is 0 Å². The lowest BCUT2D eigenvalue weighted by atomic mass is 10.4. The molecule has 0 aliphatic carbocycles. The molecular weight excluding hydrogens is 158 g/mol. The van der Waals surface area contributed by atoms with Crippen LogP contribution in [0.15, 0.2) is 0 Å². The number of unbranched alkanes of at least 4 members (excludes halogenated alkanes) is 1. The van der Waals surface area contributed by atoms with Gasteiger partial charge in [-0.3, -0.25) is 0 Å². The first-order chi connectivity index (χ1) is 6.18. The van der Waals surface area contributed by atoms with Gasteiger partial charge in [0.15, 0.2) is 0 Å². The average Bonchev–Trinajstić information content (AvgIpc) is 2.18. The first kappa shape index (κ1) is 18.7. The van der Waals surface area contributed by atoms with Crippen LogP contribution in [-0.2, 0) is 0 Å². The van der Waals surface area contributed by atoms with Gasteiger partial charge >= 0.3 is 0 Å². The first-order valence-electron chi connectivity index (χ1n) is 5.92. The van der Waals surface area contributed by atoms with Gasteiger partial charge in [-0.25, -0.2) is 0 Å². The zero-order valence-corrected chi connectivity index (χ0v) is 10.9. The van der Waals surface area contributed by atoms with Crippen LogP contribution in [0.5, 0.6) is 0 Å². The molecule has 0 saturated heterocycles. The smallest absolute Gasteiger partial charge is 0.00103 e. The van der Waals surface area contributed by atoms with Gasteiger partial charge in [0.1, 0.15) is 0 Å². The molecule has 1 N–H and O–H groups in total. The van der Waals surface area contributed by atoms with Crippen molar-refractivity contribution in [2.45, 2.75) is 73.8 Å². The second kappa shape index (κ2) is 22.7. The minimum atomic E-state index is 0.653. The summed E-state index contributed by atoms with van der Waals surface area (Å²) in [7, 11) is 0. The molecule has 0 bridgehead atoms. The van der Waals surface area contributed by atoms with Crippen molar-refractivity contribution in [3.05, 3.63) is 0 Å². The van der Waals surface area contributed by atoms with Gasteiger partial charge in [0.2, 0.25) is 0 Å². The van der Waals surface area contributed by atoms with Gasteiger partial charge in [0.25, 0.3) is 0 Å². The van der Waals surface area contributed by atoms with E-state index in [4.69, 9.17) is 0 Å². The Morgan fingerprint density at radius 1 is 0.846 bits per heavy atom. The molecule has 13 heavy (non-hydrogen) atoms. The van der Waals surface area contributed by atoms with Crippen molar-refractivity contribution in [1.82, 2.24) is 5.32 Å². The summed E-state index contributed by atoms with van der Waals surface area (Å²) < 4.78 is 0. The van der Waals surface area contributed by atoms with Crippen molar-refractivity contribution >= 4 is 0 Å². The summed E-state index contributed by atoms with van der Waals surface area (Å²) in [6.45, 7) is 16.0. The molecule has 84 valence electrons. The van der Waals surface area contributed by atoms with E-state index in [0.29, 0.717) is 6.04 Å². The van der Waals surface area contributed by atoms with E-state index in [1.807, 2.05) is 13.8 Å². The normalized spacial score (nSPS) is 8.31. The van der Waals surface area contributed by atoms with Crippen molar-refractivity contribution < 1.29 is 0 Å². The molecule has 0 amide bonds. The lowest BCUT2D eigenvalue weighted by molar-refractivity contribution is 0.584. The van der Waals surface area contributed by atoms with Crippen LogP contribution in [0.3, 0.4) is 0 Å². The Morgan fingerprint density at radius 3 is 1.31 bits per heavy atom. The minimum absolute atomic E-state index is 0.653. The zero-order valence-electron chi connectivity index (χ0n) is 10.9. The highest BCUT2D eigenvalue weighted by Gasteiger charge is 1.85. The SMILES string of the molecule is CC.CCCC.CCCNC(C)C. The Balaban J connectivity index is -0.000000142. The Kier molecular flexibility index (Phi) is 32.6. The lowest BCUT2D eigenvalue weighted by Crippen LogP contribution is -2.22. The van der Waals surface area contributed by atoms with Crippen molar-refractivity contribution in [1.29, 1.82) is 0 Å². The summed E-state index contributed by atoms with van der Waals surface area (Å²) in [6.07, 6.45) is 3.87. The van der Waals surface area contributed by atoms with E-state index in [2.05, 4.69) is 39.9 Å². The highest BCUT2D eigenvalue weighted by atomic mass is 14.9. The molecule has 0 fully saturated rings. The second-order valence-corrected chi connectivity index (χ2v) is 3.11. The maximum absolute atomic E-state index is 3.30. The quantitative estimate of drug-likeness (QED) is 0.698. The Morgan fingerprint density at radius 2 is 1.23 bits per heavy atom. The van der Waals surface area contributed by atoms with Crippen LogP contribution in [0.1, 0.15) is 67.7 Å². The number of nitrogens with one attached hydrogen (secondary N) is 1. The third-order valence-corrected chi connectivity index (χ3v) is 1.30. The fourth-order valence-electron chi connectivity index (χ4n) is 0.433. The molecule has 1 heteroatoms. The average molecular weight is 189 g/mol. The number of hydrogen-bond acceptors (Lipinski definition) is 1. The summed E-state index contributed by atoms with van der Waals surface area (Å²) in [5, 5.41) is 3.30. The molecule has 1 nitrogen and oxygen atoms in total. The second-order valence-electron chi connectivity index (χ2n) is 3.11. The molecule has 0 aliphatic rings. The van der Waals surface area contributed by atoms with Crippen LogP contribution >= 0.6 is 0 Å². The lowest BCUT2D eigenvalue weighted by Gasteiger charge is -2.03. The summed E-state index contributed by atoms with van der Waals surface area (Å²) in [5.74, 6) is 0. The van der Waals surface area contributed by atoms with Crippen molar-refractivity contribution in [3.63, 3.8) is 0 Å². The van der Waals surface area contributed by atoms with Crippen LogP contribution in [0.4, 0.5) is 0 Å². The van der Waals surface area contributed by atoms with E-state index in [1.165, 1.54) is 19.3 Å². The fourth-order valence-corrected chi connectivity index (χ4v) is 0.433. The van der Waals surface area contributed by atoms with E-state index in [9.17, 15) is 0 Å². The third kappa shape index (κ3) is 48.2. The molecular formula is C12H31N. The van der Waals surface area contributed by atoms with Crippen molar-refractivity contribution in [2.75, 3.05) is 6.54 Å². The van der Waals surface area contributed by atoms with E-state index in [0.717, 1.165) is 6.54 Å². The first-order valence-corrected chi connectivity index (χ1v) is 5.92. The van der Waals surface area contributed by atoms with E-state index in [-0.39, 0.29) is 0 Å². The molecule has 0 heterocycles. The van der Waals surface area contributed by atoms with Gasteiger partial charge in [-0.05, 0) is 13.0 Å². The van der Waals surface area contributed by atoms with Crippen LogP contribution in [0.2, 0.25) is 0 Å². The zero-order chi connectivity index (χ0) is 11.1. The van der Waals surface area contributed by atoms with Gasteiger partial charge in [-0.1, -0.05) is 61.3 Å². The summed E-state index contributed by atoms with van der Waals surface area (Å²) >= 11 is 0. The van der Waals surface area contributed by atoms with Crippen molar-refractivity contribution in [3.8, 4) is 0 Å². The van der Waals surface area contributed by atoms with Crippen LogP contribution in [-0.4, -0.2) is 12.6 Å². The topological polar surface area (TPSA) is 12.0 Å². The molecule has 0 aromatic rings. The molecule has 0 aliphatic heterocycles. The van der Waals surface area contributed by atoms with Crippen LogP contribution in [0.25, 0.3) is 0 Å². The Hall–Kier alpha value is -0.0400. The fraction of sp³-hybridized carbons (Fsp3) is 1.00. The molecule has 0 rings (SSSR count). The van der Waals surface area contributed by atoms with Gasteiger partial charge < -0.3 is 5.32 Å². The molecule has 0 saturated carbocycles. The largest absolute Gasteiger partial charge is 0.315 e. The highest BCUT2D eigenvalue weighted by molar-refractivity contribution is 4.48. The maximum atomic E-state index is 3.30. The Bertz CT molecular complexity index is 49.1. The maximum Gasteiger partial charge on any atom is 0.00103 e. The van der Waals surface area contributed by atoms with Crippen LogP contribution in [0, 0.1) is 0 Å². The van der Waals surface area contributed by atoms with E-state index >= 15 is 0 Å². The molecule has 0 aromatic carbocycles. The molecule has 0 spiro atoms. The van der Waals surface area contributed by atoms with E-state index in [1.54, 1.807) is 0 Å². The standard InChI is InChI=1S/C6H15N.C4H10.C2H6/c1-4-5-7-6(2)3;1-3-4-2;1-2/h6-7H,4-5H2,1-3H3;3-4H2,1-2H3;1-2H3. The van der Waals surface area contributed by atoms with Gasteiger partial charge in [-0.2, -0.15) is 0 Å². The predicted molar refractivity (Wildman–Crippen MR) is 65.4 cm³/mol. The molecule has 0 atom stereocenters. The predicted octanol–water partition coefficient (Wildman–Crippen LogP) is 4.23. The molecule has 0 unspecified atom stereocenters. The summed E-state index contributed by atoms with van der Waals surface area (Å²) in [4.78, 5) is 0. The van der Waals surface area contributed by atoms with Gasteiger partial charge in [0, 0.05) is 6.04 Å². The number of rotatable bonds is 4. The third-order valence-electron chi connectivity index (χ3n) is 1.30. The van der Waals surface area contributed by atoms with Gasteiger partial charge in [-0.15, -0.1) is 0 Å². The van der Waals surface area contributed by atoms with Crippen molar-refractivity contribution in [2.24, 2.45) is 0 Å². The Labute approximate surface area is 86.3 Å². The van der Waals surface area contributed by atoms with Crippen LogP contribution < -0.4 is 5.32 Å². The molecule has 0 aromatic heterocycles. The highest BCUT2D eigenvalue weighted by Crippen LogP contribution is 1.77.